The molecule has 4 rings (SSSR count). The summed E-state index contributed by atoms with van der Waals surface area (Å²) < 4.78 is 11.1. The van der Waals surface area contributed by atoms with Gasteiger partial charge in [0.05, 0.1) is 25.9 Å². The highest BCUT2D eigenvalue weighted by atomic mass is 35.5. The summed E-state index contributed by atoms with van der Waals surface area (Å²) in [6, 6.07) is 0. The maximum Gasteiger partial charge on any atom is 0.320 e. The minimum Gasteiger partial charge on any atom is -0.496 e. The first-order valence-corrected chi connectivity index (χ1v) is 14.1. The molecule has 0 aromatic carbocycles. The lowest BCUT2D eigenvalue weighted by Gasteiger charge is -2.34. The van der Waals surface area contributed by atoms with E-state index in [9.17, 15) is 4.79 Å². The Morgan fingerprint density at radius 2 is 1.85 bits per heavy atom. The van der Waals surface area contributed by atoms with Crippen molar-refractivity contribution in [3.8, 4) is 5.75 Å². The molecule has 0 spiro atoms. The molecular formula is C28H42ClN7O3. The number of fused-ring (bicyclic) bond motifs is 1. The van der Waals surface area contributed by atoms with Gasteiger partial charge in [0.1, 0.15) is 22.3 Å². The van der Waals surface area contributed by atoms with Crippen LogP contribution in [0.15, 0.2) is 6.20 Å². The van der Waals surface area contributed by atoms with E-state index in [-0.39, 0.29) is 17.8 Å². The van der Waals surface area contributed by atoms with Crippen LogP contribution in [-0.2, 0) is 16.1 Å². The molecule has 0 bridgehead atoms. The average molecular weight is 560 g/mol. The number of piperazine rings is 1. The van der Waals surface area contributed by atoms with E-state index in [1.54, 1.807) is 7.11 Å². The molecule has 0 amide bonds. The summed E-state index contributed by atoms with van der Waals surface area (Å²) in [5.74, 6) is 1.90. The fourth-order valence-electron chi connectivity index (χ4n) is 5.56. The summed E-state index contributed by atoms with van der Waals surface area (Å²) in [5, 5.41) is 0.437. The number of aryl methyl sites for hydroxylation is 1. The average Bonchev–Trinajstić information content (AvgIpc) is 3.18. The maximum absolute atomic E-state index is 12.2. The molecule has 2 aromatic heterocycles. The molecule has 39 heavy (non-hydrogen) atoms. The third kappa shape index (κ3) is 7.29. The molecule has 214 valence electrons. The zero-order valence-corrected chi connectivity index (χ0v) is 24.8. The van der Waals surface area contributed by atoms with Crippen LogP contribution in [0.2, 0.25) is 5.15 Å². The first kappa shape index (κ1) is 29.3. The van der Waals surface area contributed by atoms with Gasteiger partial charge in [0.25, 0.3) is 0 Å². The number of anilines is 2. The van der Waals surface area contributed by atoms with Crippen molar-refractivity contribution in [2.24, 2.45) is 0 Å². The van der Waals surface area contributed by atoms with Gasteiger partial charge in [-0.1, -0.05) is 11.6 Å². The predicted octanol–water partition coefficient (Wildman–Crippen LogP) is 3.58. The molecule has 1 fully saturated rings. The molecule has 1 saturated heterocycles. The van der Waals surface area contributed by atoms with Gasteiger partial charge in [-0.05, 0) is 54.0 Å². The van der Waals surface area contributed by atoms with Gasteiger partial charge < -0.3 is 25.0 Å². The number of esters is 1. The highest BCUT2D eigenvalue weighted by molar-refractivity contribution is 6.30. The molecule has 0 saturated carbocycles. The standard InChI is InChI=1S/C28H42ClN7O3/c1-18-14-31-21(19(2)24(18)38-6)16-36-15-20(23-25(29)32-27(30)33-26(23)36)8-7-9-34-10-12-35(13-11-34)17-22(37)39-28(3,4)5/h14,20H,7-13,15-17H2,1-6H3,(H2,30,32,33)/t20-/m0/s1. The molecule has 2 aromatic rings. The van der Waals surface area contributed by atoms with E-state index in [1.165, 1.54) is 0 Å². The lowest BCUT2D eigenvalue weighted by Crippen LogP contribution is -2.48. The Morgan fingerprint density at radius 1 is 1.15 bits per heavy atom. The minimum absolute atomic E-state index is 0.158. The minimum atomic E-state index is -0.449. The Balaban J connectivity index is 1.34. The lowest BCUT2D eigenvalue weighted by molar-refractivity contribution is -0.156. The highest BCUT2D eigenvalue weighted by Gasteiger charge is 2.34. The number of nitrogens with two attached hydrogens (primary N) is 1. The fraction of sp³-hybridized carbons (Fsp3) is 0.643. The van der Waals surface area contributed by atoms with Crippen LogP contribution in [0.1, 0.15) is 61.9 Å². The molecule has 1 atom stereocenters. The lowest BCUT2D eigenvalue weighted by atomic mass is 9.98. The van der Waals surface area contributed by atoms with Gasteiger partial charge in [0.15, 0.2) is 0 Å². The molecule has 0 radical (unpaired) electrons. The first-order valence-electron chi connectivity index (χ1n) is 13.7. The summed E-state index contributed by atoms with van der Waals surface area (Å²) in [6.45, 7) is 16.1. The summed E-state index contributed by atoms with van der Waals surface area (Å²) in [4.78, 5) is 32.5. The number of carbonyl (C=O) groups is 1. The molecule has 2 aliphatic rings. The number of nitrogen functional groups attached to an aromatic ring is 1. The van der Waals surface area contributed by atoms with Gasteiger partial charge in [-0.3, -0.25) is 14.7 Å². The Bertz CT molecular complexity index is 1180. The number of aromatic nitrogens is 3. The van der Waals surface area contributed by atoms with Gasteiger partial charge in [-0.15, -0.1) is 0 Å². The number of nitrogens with zero attached hydrogens (tertiary/aromatic N) is 6. The van der Waals surface area contributed by atoms with E-state index >= 15 is 0 Å². The van der Waals surface area contributed by atoms with Crippen LogP contribution in [0, 0.1) is 13.8 Å². The van der Waals surface area contributed by atoms with Crippen molar-refractivity contribution in [2.45, 2.75) is 65.5 Å². The second kappa shape index (κ2) is 12.2. The van der Waals surface area contributed by atoms with Crippen LogP contribution in [0.3, 0.4) is 0 Å². The number of methoxy groups -OCH3 is 1. The third-order valence-electron chi connectivity index (χ3n) is 7.40. The zero-order valence-electron chi connectivity index (χ0n) is 24.1. The van der Waals surface area contributed by atoms with E-state index < -0.39 is 5.60 Å². The maximum atomic E-state index is 12.2. The number of halogens is 1. The summed E-state index contributed by atoms with van der Waals surface area (Å²) in [6.07, 6.45) is 3.85. The van der Waals surface area contributed by atoms with Gasteiger partial charge in [0, 0.05) is 61.5 Å². The molecule has 4 heterocycles. The highest BCUT2D eigenvalue weighted by Crippen LogP contribution is 2.42. The van der Waals surface area contributed by atoms with Crippen LogP contribution < -0.4 is 15.4 Å². The number of carbonyl (C=O) groups excluding carboxylic acids is 1. The van der Waals surface area contributed by atoms with Crippen molar-refractivity contribution in [1.29, 1.82) is 0 Å². The number of pyridine rings is 1. The summed E-state index contributed by atoms with van der Waals surface area (Å²) in [5.41, 5.74) is 9.50. The van der Waals surface area contributed by atoms with E-state index in [0.29, 0.717) is 18.2 Å². The summed E-state index contributed by atoms with van der Waals surface area (Å²) >= 11 is 6.62. The number of ether oxygens (including phenoxy) is 2. The van der Waals surface area contributed by atoms with Crippen molar-refractivity contribution in [3.63, 3.8) is 0 Å². The zero-order chi connectivity index (χ0) is 28.3. The smallest absolute Gasteiger partial charge is 0.320 e. The van der Waals surface area contributed by atoms with Crippen LogP contribution >= 0.6 is 11.6 Å². The third-order valence-corrected chi connectivity index (χ3v) is 7.69. The Kier molecular flexibility index (Phi) is 9.18. The quantitative estimate of drug-likeness (QED) is 0.361. The molecule has 0 unspecified atom stereocenters. The van der Waals surface area contributed by atoms with Gasteiger partial charge in [-0.2, -0.15) is 4.98 Å². The van der Waals surface area contributed by atoms with Gasteiger partial charge >= 0.3 is 5.97 Å². The SMILES string of the molecule is COc1c(C)cnc(CN2C[C@H](CCCN3CCN(CC(=O)OC(C)(C)C)CC3)c3c(Cl)nc(N)nc32)c1C. The molecule has 11 heteroatoms. The molecule has 0 aliphatic carbocycles. The van der Waals surface area contributed by atoms with E-state index in [2.05, 4.69) is 29.7 Å². The Labute approximate surface area is 236 Å². The van der Waals surface area contributed by atoms with Crippen LogP contribution in [-0.4, -0.2) is 89.2 Å². The topological polar surface area (TPSA) is 110 Å². The monoisotopic (exact) mass is 559 g/mol. The number of hydrogen-bond acceptors (Lipinski definition) is 10. The largest absolute Gasteiger partial charge is 0.496 e. The van der Waals surface area contributed by atoms with Crippen molar-refractivity contribution >= 4 is 29.3 Å². The van der Waals surface area contributed by atoms with Crippen LogP contribution in [0.5, 0.6) is 5.75 Å². The second-order valence-electron chi connectivity index (χ2n) is 11.6. The van der Waals surface area contributed by atoms with Crippen molar-refractivity contribution in [1.82, 2.24) is 24.8 Å². The van der Waals surface area contributed by atoms with Crippen molar-refractivity contribution in [3.05, 3.63) is 33.7 Å². The normalized spacial score (nSPS) is 18.3. The number of hydrogen-bond donors (Lipinski definition) is 1. The molecule has 2 aliphatic heterocycles. The summed E-state index contributed by atoms with van der Waals surface area (Å²) in [7, 11) is 1.69. The predicted molar refractivity (Wildman–Crippen MR) is 153 cm³/mol. The Hall–Kier alpha value is -2.69. The first-order chi connectivity index (χ1) is 18.4. The van der Waals surface area contributed by atoms with E-state index in [1.807, 2.05) is 40.8 Å². The molecule has 2 N–H and O–H groups in total. The van der Waals surface area contributed by atoms with Crippen molar-refractivity contribution in [2.75, 3.05) is 63.6 Å². The number of rotatable bonds is 9. The van der Waals surface area contributed by atoms with E-state index in [4.69, 9.17) is 26.8 Å². The van der Waals surface area contributed by atoms with E-state index in [0.717, 1.165) is 86.1 Å². The van der Waals surface area contributed by atoms with Crippen molar-refractivity contribution < 1.29 is 14.3 Å². The second-order valence-corrected chi connectivity index (χ2v) is 11.9. The fourth-order valence-corrected chi connectivity index (χ4v) is 5.88. The molecule has 10 nitrogen and oxygen atoms in total. The Morgan fingerprint density at radius 3 is 2.51 bits per heavy atom. The van der Waals surface area contributed by atoms with Crippen LogP contribution in [0.25, 0.3) is 0 Å². The van der Waals surface area contributed by atoms with Gasteiger partial charge in [-0.25, -0.2) is 4.98 Å². The van der Waals surface area contributed by atoms with Gasteiger partial charge in [0.2, 0.25) is 5.95 Å². The van der Waals surface area contributed by atoms with Crippen LogP contribution in [0.4, 0.5) is 11.8 Å². The molecular weight excluding hydrogens is 518 g/mol.